The second-order valence-electron chi connectivity index (χ2n) is 8.56. The smallest absolute Gasteiger partial charge is 0.335 e. The van der Waals surface area contributed by atoms with Crippen LogP contribution in [-0.4, -0.2) is 89.1 Å². The quantitative estimate of drug-likeness (QED) is 0.130. The Morgan fingerprint density at radius 2 is 1.66 bits per heavy atom. The molecule has 0 amide bonds. The van der Waals surface area contributed by atoms with Crippen LogP contribution >= 0.6 is 0 Å². The Hall–Kier alpha value is -3.68. The van der Waals surface area contributed by atoms with E-state index >= 15 is 0 Å². The lowest BCUT2D eigenvalue weighted by molar-refractivity contribution is -0.206. The molecule has 1 aliphatic rings. The van der Waals surface area contributed by atoms with Crippen molar-refractivity contribution in [3.63, 3.8) is 0 Å². The molecule has 1 aromatic carbocycles. The van der Waals surface area contributed by atoms with Crippen molar-refractivity contribution in [3.05, 3.63) is 29.8 Å². The van der Waals surface area contributed by atoms with Crippen molar-refractivity contribution in [1.82, 2.24) is 0 Å². The van der Waals surface area contributed by atoms with Crippen molar-refractivity contribution in [2.75, 3.05) is 0 Å². The zero-order valence-corrected chi connectivity index (χ0v) is 18.5. The number of carboxylic acid groups (broad SMARTS) is 2. The molecule has 192 valence electrons. The Labute approximate surface area is 198 Å². The van der Waals surface area contributed by atoms with Gasteiger partial charge in [-0.05, 0) is 30.7 Å². The van der Waals surface area contributed by atoms with Crippen molar-refractivity contribution in [2.45, 2.75) is 62.1 Å². The number of phenolic OH excluding ortho intramolecular Hbond substituents is 2. The van der Waals surface area contributed by atoms with E-state index in [1.165, 1.54) is 18.2 Å². The molecule has 0 aliphatic heterocycles. The van der Waals surface area contributed by atoms with E-state index in [4.69, 9.17) is 14.6 Å². The van der Waals surface area contributed by atoms with E-state index in [9.17, 15) is 49.8 Å². The summed E-state index contributed by atoms with van der Waals surface area (Å²) in [5, 5.41) is 68.0. The van der Waals surface area contributed by atoms with Crippen LogP contribution in [0.15, 0.2) is 24.3 Å². The summed E-state index contributed by atoms with van der Waals surface area (Å²) < 4.78 is 10.1. The molecule has 13 heteroatoms. The van der Waals surface area contributed by atoms with E-state index in [1.807, 2.05) is 0 Å². The number of esters is 2. The molecule has 35 heavy (non-hydrogen) atoms. The summed E-state index contributed by atoms with van der Waals surface area (Å²) >= 11 is 0. The fraction of sp³-hybridized carbons (Fsp3) is 0.455. The standard InChI is InChI=1S/C22H26O13/c1-21(32,9-16(25)26)10-18(28)35-15-8-22(33,20(30)31)7-14(19(15)29)34-17(27)5-3-11-2-4-12(23)13(24)6-11/h2-6,14-15,19,23-24,29,32-33H,7-10H2,1H3,(H,25,26)(H,30,31)/b5-3+/t14-,15-,19?,21?,22?/m1/s1. The molecule has 3 unspecified atom stereocenters. The lowest BCUT2D eigenvalue weighted by Gasteiger charge is -2.40. The van der Waals surface area contributed by atoms with Gasteiger partial charge in [0.1, 0.15) is 18.3 Å². The molecule has 0 bridgehead atoms. The van der Waals surface area contributed by atoms with Gasteiger partial charge >= 0.3 is 23.9 Å². The number of rotatable bonds is 9. The minimum absolute atomic E-state index is 0.295. The number of ether oxygens (including phenoxy) is 2. The number of phenols is 2. The number of benzene rings is 1. The third-order valence-corrected chi connectivity index (χ3v) is 5.26. The van der Waals surface area contributed by atoms with Crippen LogP contribution in [0.25, 0.3) is 6.08 Å². The fourth-order valence-corrected chi connectivity index (χ4v) is 3.53. The van der Waals surface area contributed by atoms with Gasteiger partial charge in [-0.25, -0.2) is 9.59 Å². The van der Waals surface area contributed by atoms with Gasteiger partial charge in [0, 0.05) is 18.9 Å². The maximum atomic E-state index is 12.2. The topological polar surface area (TPSA) is 228 Å². The summed E-state index contributed by atoms with van der Waals surface area (Å²) in [7, 11) is 0. The van der Waals surface area contributed by atoms with Gasteiger partial charge in [-0.3, -0.25) is 9.59 Å². The predicted molar refractivity (Wildman–Crippen MR) is 114 cm³/mol. The van der Waals surface area contributed by atoms with Crippen LogP contribution < -0.4 is 0 Å². The van der Waals surface area contributed by atoms with E-state index in [-0.39, 0.29) is 5.75 Å². The minimum Gasteiger partial charge on any atom is -0.504 e. The minimum atomic E-state index is -2.54. The number of carbonyl (C=O) groups is 4. The lowest BCUT2D eigenvalue weighted by Crippen LogP contribution is -2.58. The summed E-state index contributed by atoms with van der Waals surface area (Å²) in [5.41, 5.74) is -4.24. The molecule has 1 aromatic rings. The maximum Gasteiger partial charge on any atom is 0.335 e. The number of aromatic hydroxyl groups is 2. The highest BCUT2D eigenvalue weighted by Gasteiger charge is 2.52. The first kappa shape index (κ1) is 27.6. The third kappa shape index (κ3) is 7.67. The molecule has 1 fully saturated rings. The first-order valence-electron chi connectivity index (χ1n) is 10.3. The predicted octanol–water partition coefficient (Wildman–Crippen LogP) is -0.479. The fourth-order valence-electron chi connectivity index (χ4n) is 3.53. The van der Waals surface area contributed by atoms with Crippen molar-refractivity contribution >= 4 is 30.0 Å². The van der Waals surface area contributed by atoms with Crippen molar-refractivity contribution in [2.24, 2.45) is 0 Å². The molecule has 13 nitrogen and oxygen atoms in total. The molecule has 0 heterocycles. The SMILES string of the molecule is CC(O)(CC(=O)O)CC(=O)O[C@@H]1CC(O)(C(=O)O)C[C@@H](OC(=O)/C=C/c2ccc(O)c(O)c2)C1O. The summed E-state index contributed by atoms with van der Waals surface area (Å²) in [6, 6.07) is 3.68. The van der Waals surface area contributed by atoms with E-state index in [1.54, 1.807) is 0 Å². The van der Waals surface area contributed by atoms with Crippen LogP contribution in [-0.2, 0) is 28.7 Å². The van der Waals surface area contributed by atoms with Crippen LogP contribution in [0.2, 0.25) is 0 Å². The highest BCUT2D eigenvalue weighted by Crippen LogP contribution is 2.34. The van der Waals surface area contributed by atoms with Crippen LogP contribution in [0, 0.1) is 0 Å². The monoisotopic (exact) mass is 498 g/mol. The molecule has 1 saturated carbocycles. The van der Waals surface area contributed by atoms with Gasteiger partial charge in [0.05, 0.1) is 18.4 Å². The van der Waals surface area contributed by atoms with Gasteiger partial charge in [-0.15, -0.1) is 0 Å². The Morgan fingerprint density at radius 1 is 1.06 bits per heavy atom. The number of aliphatic hydroxyl groups is 3. The molecule has 2 rings (SSSR count). The number of hydrogen-bond donors (Lipinski definition) is 7. The molecule has 0 radical (unpaired) electrons. The average Bonchev–Trinajstić information content (AvgIpc) is 2.70. The largest absolute Gasteiger partial charge is 0.504 e. The Balaban J connectivity index is 2.13. The lowest BCUT2D eigenvalue weighted by atomic mass is 9.79. The molecule has 5 atom stereocenters. The van der Waals surface area contributed by atoms with Gasteiger partial charge in [0.2, 0.25) is 0 Å². The molecule has 0 aromatic heterocycles. The summed E-state index contributed by atoms with van der Waals surface area (Å²) in [5.74, 6) is -6.17. The van der Waals surface area contributed by atoms with Crippen LogP contribution in [0.5, 0.6) is 11.5 Å². The van der Waals surface area contributed by atoms with Gasteiger partial charge in [0.15, 0.2) is 17.1 Å². The van der Waals surface area contributed by atoms with E-state index in [2.05, 4.69) is 0 Å². The highest BCUT2D eigenvalue weighted by atomic mass is 16.6. The van der Waals surface area contributed by atoms with Gasteiger partial charge in [-0.1, -0.05) is 6.07 Å². The van der Waals surface area contributed by atoms with E-state index in [0.29, 0.717) is 5.56 Å². The second-order valence-corrected chi connectivity index (χ2v) is 8.56. The first-order chi connectivity index (χ1) is 16.1. The average molecular weight is 498 g/mol. The van der Waals surface area contributed by atoms with Crippen LogP contribution in [0.4, 0.5) is 0 Å². The number of carboxylic acids is 2. The normalized spacial score (nSPS) is 26.0. The molecule has 7 N–H and O–H groups in total. The molecule has 0 saturated heterocycles. The third-order valence-electron chi connectivity index (χ3n) is 5.26. The Kier molecular flexibility index (Phi) is 8.44. The molecular weight excluding hydrogens is 472 g/mol. The summed E-state index contributed by atoms with van der Waals surface area (Å²) in [4.78, 5) is 46.8. The summed E-state index contributed by atoms with van der Waals surface area (Å²) in [6.45, 7) is 1.07. The Bertz CT molecular complexity index is 1010. The Morgan fingerprint density at radius 3 is 2.20 bits per heavy atom. The van der Waals surface area contributed by atoms with Crippen molar-refractivity contribution < 1.29 is 64.4 Å². The van der Waals surface area contributed by atoms with Gasteiger partial charge < -0.3 is 45.2 Å². The maximum absolute atomic E-state index is 12.2. The van der Waals surface area contributed by atoms with E-state index in [0.717, 1.165) is 19.1 Å². The number of aliphatic hydroxyl groups excluding tert-OH is 1. The van der Waals surface area contributed by atoms with Crippen LogP contribution in [0.1, 0.15) is 38.2 Å². The second kappa shape index (κ2) is 10.7. The molecule has 0 spiro atoms. The van der Waals surface area contributed by atoms with Crippen molar-refractivity contribution in [1.29, 1.82) is 0 Å². The highest BCUT2D eigenvalue weighted by molar-refractivity contribution is 5.87. The molecule has 1 aliphatic carbocycles. The summed E-state index contributed by atoms with van der Waals surface area (Å²) in [6.07, 6.45) is -6.03. The molecular formula is C22H26O13. The van der Waals surface area contributed by atoms with Gasteiger partial charge in [-0.2, -0.15) is 0 Å². The first-order valence-corrected chi connectivity index (χ1v) is 10.3. The zero-order valence-electron chi connectivity index (χ0n) is 18.5. The van der Waals surface area contributed by atoms with Crippen LogP contribution in [0.3, 0.4) is 0 Å². The number of aliphatic carboxylic acids is 2. The van der Waals surface area contributed by atoms with Gasteiger partial charge in [0.25, 0.3) is 0 Å². The van der Waals surface area contributed by atoms with Crippen molar-refractivity contribution in [3.8, 4) is 11.5 Å². The number of hydrogen-bond acceptors (Lipinski definition) is 11. The van der Waals surface area contributed by atoms with E-state index < -0.39 is 84.8 Å². The zero-order chi connectivity index (χ0) is 26.6. The number of carbonyl (C=O) groups excluding carboxylic acids is 2.